The molecule has 0 unspecified atom stereocenters. The van der Waals surface area contributed by atoms with E-state index < -0.39 is 7.28 Å². The van der Waals surface area contributed by atoms with Crippen molar-refractivity contribution in [3.8, 4) is 5.75 Å². The van der Waals surface area contributed by atoms with Crippen LogP contribution in [0.4, 0.5) is 0 Å². The molecule has 0 N–H and O–H groups in total. The van der Waals surface area contributed by atoms with Gasteiger partial charge in [0, 0.05) is 0 Å². The second-order valence-electron chi connectivity index (χ2n) is 4.93. The molecule has 2 aliphatic rings. The number of para-hydroxylation sites is 1. The summed E-state index contributed by atoms with van der Waals surface area (Å²) in [5.41, 5.74) is 2.42. The van der Waals surface area contributed by atoms with Crippen molar-refractivity contribution in [2.45, 2.75) is 12.3 Å². The van der Waals surface area contributed by atoms with Crippen LogP contribution < -0.4 is 4.52 Å². The first kappa shape index (κ1) is 11.4. The Morgan fingerprint density at radius 3 is 1.89 bits per heavy atom. The van der Waals surface area contributed by atoms with Gasteiger partial charge in [-0.05, 0) is 0 Å². The number of rotatable bonds is 2. The second-order valence-corrected chi connectivity index (χ2v) is 8.48. The van der Waals surface area contributed by atoms with Crippen molar-refractivity contribution in [1.82, 2.24) is 0 Å². The zero-order valence-electron chi connectivity index (χ0n) is 10.2. The molecule has 5 heteroatoms. The minimum absolute atomic E-state index is 0.636. The summed E-state index contributed by atoms with van der Waals surface area (Å²) in [7, 11) is -3.18. The fourth-order valence-corrected chi connectivity index (χ4v) is 5.96. The Morgan fingerprint density at radius 2 is 1.37 bits per heavy atom. The average Bonchev–Trinajstić information content (AvgIpc) is 2.76. The van der Waals surface area contributed by atoms with Crippen LogP contribution in [0.3, 0.4) is 0 Å². The van der Waals surface area contributed by atoms with Gasteiger partial charge < -0.3 is 0 Å². The Hall–Kier alpha value is -1.45. The van der Waals surface area contributed by atoms with Gasteiger partial charge in [-0.1, -0.05) is 0 Å². The summed E-state index contributed by atoms with van der Waals surface area (Å²) in [6, 6.07) is 17.8. The molecule has 0 radical (unpaired) electrons. The van der Waals surface area contributed by atoms with Crippen LogP contribution >= 0.6 is 7.28 Å². The van der Waals surface area contributed by atoms with E-state index in [4.69, 9.17) is 13.9 Å². The Balaban J connectivity index is 1.72. The molecule has 0 aliphatic carbocycles. The first-order valence-electron chi connectivity index (χ1n) is 6.16. The zero-order valence-corrected chi connectivity index (χ0v) is 11.1. The Labute approximate surface area is 110 Å². The molecule has 2 heterocycles. The van der Waals surface area contributed by atoms with Gasteiger partial charge in [0.05, 0.1) is 0 Å². The van der Waals surface area contributed by atoms with E-state index in [9.17, 15) is 0 Å². The van der Waals surface area contributed by atoms with Gasteiger partial charge in [0.25, 0.3) is 0 Å². The number of hydrogen-bond donors (Lipinski definition) is 0. The number of fused-ring (bicyclic) bond motifs is 1. The summed E-state index contributed by atoms with van der Waals surface area (Å²) in [4.78, 5) is 0. The van der Waals surface area contributed by atoms with Crippen molar-refractivity contribution < 1.29 is 18.9 Å². The van der Waals surface area contributed by atoms with Gasteiger partial charge in [-0.2, -0.15) is 0 Å². The van der Waals surface area contributed by atoms with Crippen molar-refractivity contribution in [2.75, 3.05) is 0 Å². The molecule has 0 saturated carbocycles. The molecule has 0 amide bonds. The van der Waals surface area contributed by atoms with Crippen LogP contribution in [-0.4, -0.2) is 0 Å². The standard InChI is InChI=1S/C14H13O4P/c1-2-8-14(9-3-1)15-19(17-16-18-19)10-12-6-4-5-7-13(12)11-19/h1-9H,10-11H2. The van der Waals surface area contributed by atoms with Gasteiger partial charge in [-0.3, -0.25) is 0 Å². The van der Waals surface area contributed by atoms with E-state index in [2.05, 4.69) is 17.2 Å². The van der Waals surface area contributed by atoms with E-state index >= 15 is 0 Å². The van der Waals surface area contributed by atoms with Gasteiger partial charge in [0.1, 0.15) is 0 Å². The van der Waals surface area contributed by atoms with Crippen LogP contribution in [0.1, 0.15) is 11.1 Å². The van der Waals surface area contributed by atoms with Gasteiger partial charge in [0.2, 0.25) is 0 Å². The predicted molar refractivity (Wildman–Crippen MR) is 71.1 cm³/mol. The molecule has 4 rings (SSSR count). The maximum absolute atomic E-state index is 6.13. The molecule has 0 atom stereocenters. The van der Waals surface area contributed by atoms with E-state index in [1.807, 2.05) is 42.5 Å². The van der Waals surface area contributed by atoms with Crippen molar-refractivity contribution in [3.63, 3.8) is 0 Å². The fraction of sp³-hybridized carbons (Fsp3) is 0.143. The maximum atomic E-state index is 6.13. The number of hydrogen-bond acceptors (Lipinski definition) is 4. The molecular formula is C14H13O4P. The Morgan fingerprint density at radius 1 is 0.789 bits per heavy atom. The summed E-state index contributed by atoms with van der Waals surface area (Å²) in [6.07, 6.45) is 1.27. The molecule has 0 aromatic heterocycles. The zero-order chi connectivity index (χ0) is 12.8. The van der Waals surface area contributed by atoms with Crippen LogP contribution in [-0.2, 0) is 26.7 Å². The molecule has 1 saturated heterocycles. The van der Waals surface area contributed by atoms with E-state index in [0.717, 1.165) is 5.75 Å². The van der Waals surface area contributed by atoms with Crippen LogP contribution in [0, 0.1) is 0 Å². The van der Waals surface area contributed by atoms with Gasteiger partial charge >= 0.3 is 110 Å². The van der Waals surface area contributed by atoms with Crippen molar-refractivity contribution >= 4 is 7.28 Å². The van der Waals surface area contributed by atoms with Crippen LogP contribution in [0.5, 0.6) is 5.75 Å². The first-order chi connectivity index (χ1) is 9.27. The van der Waals surface area contributed by atoms with Crippen LogP contribution in [0.2, 0.25) is 0 Å². The van der Waals surface area contributed by atoms with Crippen molar-refractivity contribution in [3.05, 3.63) is 65.7 Å². The van der Waals surface area contributed by atoms with Crippen molar-refractivity contribution in [2.24, 2.45) is 0 Å². The fourth-order valence-electron chi connectivity index (χ4n) is 2.64. The average molecular weight is 276 g/mol. The normalized spacial score (nSPS) is 23.9. The molecule has 1 spiro atoms. The molecule has 0 bridgehead atoms. The first-order valence-corrected chi connectivity index (χ1v) is 8.52. The summed E-state index contributed by atoms with van der Waals surface area (Å²) in [5.74, 6) is 0.747. The molecule has 2 aliphatic heterocycles. The van der Waals surface area contributed by atoms with Gasteiger partial charge in [-0.25, -0.2) is 0 Å². The summed E-state index contributed by atoms with van der Waals surface area (Å²) in [6.45, 7) is 0. The van der Waals surface area contributed by atoms with E-state index in [0.29, 0.717) is 12.3 Å². The number of benzene rings is 2. The van der Waals surface area contributed by atoms with Gasteiger partial charge in [-0.15, -0.1) is 0 Å². The molecule has 2 aromatic carbocycles. The molecule has 1 fully saturated rings. The third-order valence-corrected chi connectivity index (χ3v) is 6.82. The SMILES string of the molecule is c1ccc(OP23(Cc4ccccc4C2)OOO3)cc1. The summed E-state index contributed by atoms with van der Waals surface area (Å²) < 4.78 is 17.0. The second kappa shape index (κ2) is 3.78. The predicted octanol–water partition coefficient (Wildman–Crippen LogP) is 3.97. The molecule has 19 heavy (non-hydrogen) atoms. The monoisotopic (exact) mass is 276 g/mol. The van der Waals surface area contributed by atoms with E-state index in [1.165, 1.54) is 11.1 Å². The quantitative estimate of drug-likeness (QED) is 0.614. The van der Waals surface area contributed by atoms with Gasteiger partial charge in [0.15, 0.2) is 0 Å². The molecule has 2 aromatic rings. The summed E-state index contributed by atoms with van der Waals surface area (Å²) >= 11 is 0. The third-order valence-electron chi connectivity index (χ3n) is 3.52. The summed E-state index contributed by atoms with van der Waals surface area (Å²) in [5, 5.41) is 4.60. The molecule has 98 valence electrons. The van der Waals surface area contributed by atoms with E-state index in [-0.39, 0.29) is 0 Å². The third kappa shape index (κ3) is 1.69. The topological polar surface area (TPSA) is 36.9 Å². The van der Waals surface area contributed by atoms with E-state index in [1.54, 1.807) is 0 Å². The van der Waals surface area contributed by atoms with Crippen LogP contribution in [0.15, 0.2) is 54.6 Å². The molecule has 4 nitrogen and oxygen atoms in total. The Bertz CT molecular complexity index is 595. The minimum atomic E-state index is -3.18. The van der Waals surface area contributed by atoms with Crippen LogP contribution in [0.25, 0.3) is 0 Å². The van der Waals surface area contributed by atoms with Crippen molar-refractivity contribution in [1.29, 1.82) is 0 Å². The molecular weight excluding hydrogens is 263 g/mol. The Kier molecular flexibility index (Phi) is 2.26.